The first-order valence-electron chi connectivity index (χ1n) is 19.5. The molecule has 1 N–H and O–H groups in total. The van der Waals surface area contributed by atoms with Crippen molar-refractivity contribution in [1.82, 2.24) is 19.9 Å². The number of hydrogen-bond acceptors (Lipinski definition) is 6. The molecule has 1 aliphatic rings. The van der Waals surface area contributed by atoms with Gasteiger partial charge in [0.2, 0.25) is 0 Å². The first-order valence-corrected chi connectivity index (χ1v) is 19.5. The Kier molecular flexibility index (Phi) is 9.05. The lowest BCUT2D eigenvalue weighted by atomic mass is 9.88. The van der Waals surface area contributed by atoms with Gasteiger partial charge in [-0.25, -0.2) is 15.0 Å². The molecule has 0 saturated carbocycles. The molecular weight excluding hydrogens is 709 g/mol. The van der Waals surface area contributed by atoms with E-state index in [-0.39, 0.29) is 6.17 Å². The molecule has 58 heavy (non-hydrogen) atoms. The summed E-state index contributed by atoms with van der Waals surface area (Å²) in [4.78, 5) is 21.7. The molecule has 9 aromatic rings. The lowest BCUT2D eigenvalue weighted by Gasteiger charge is -2.27. The number of nitrogens with zero attached hydrogens (tertiary/aromatic N) is 5. The van der Waals surface area contributed by atoms with Crippen molar-refractivity contribution in [3.8, 4) is 78.7 Å². The van der Waals surface area contributed by atoms with Crippen molar-refractivity contribution in [3.63, 3.8) is 0 Å². The predicted molar refractivity (Wildman–Crippen MR) is 237 cm³/mol. The minimum Gasteiger partial charge on any atom is -0.363 e. The van der Waals surface area contributed by atoms with Crippen LogP contribution in [0.1, 0.15) is 6.92 Å². The maximum atomic E-state index is 5.10. The highest BCUT2D eigenvalue weighted by molar-refractivity contribution is 5.97. The van der Waals surface area contributed by atoms with Crippen LogP contribution in [0.25, 0.3) is 78.7 Å². The van der Waals surface area contributed by atoms with E-state index in [1.165, 1.54) is 16.8 Å². The molecule has 0 amide bonds. The second kappa shape index (κ2) is 15.1. The SMILES string of the molecule is CC1Nc2ccccc2N1c1ccccc1-c1ccccc1-c1ccccc1-c1cccc(-c2nc(-c3ccccc3)nc(-c3ccc(-c4ccncc4)cc3)n2)c1. The Balaban J connectivity index is 1.06. The summed E-state index contributed by atoms with van der Waals surface area (Å²) < 4.78 is 0. The third kappa shape index (κ3) is 6.56. The molecular formula is C52H38N6. The largest absolute Gasteiger partial charge is 0.363 e. The van der Waals surface area contributed by atoms with Gasteiger partial charge in [-0.3, -0.25) is 4.98 Å². The molecule has 6 heteroatoms. The van der Waals surface area contributed by atoms with Crippen LogP contribution < -0.4 is 10.2 Å². The monoisotopic (exact) mass is 746 g/mol. The quantitative estimate of drug-likeness (QED) is 0.167. The Morgan fingerprint density at radius 3 is 1.55 bits per heavy atom. The van der Waals surface area contributed by atoms with Crippen molar-refractivity contribution in [1.29, 1.82) is 0 Å². The summed E-state index contributed by atoms with van der Waals surface area (Å²) in [6.07, 6.45) is 3.72. The molecule has 2 aromatic heterocycles. The molecule has 0 bridgehead atoms. The second-order valence-corrected chi connectivity index (χ2v) is 14.4. The normalized spacial score (nSPS) is 13.2. The summed E-state index contributed by atoms with van der Waals surface area (Å²) in [5, 5.41) is 3.66. The third-order valence-electron chi connectivity index (χ3n) is 10.8. The fourth-order valence-electron chi connectivity index (χ4n) is 8.01. The smallest absolute Gasteiger partial charge is 0.164 e. The molecule has 10 rings (SSSR count). The molecule has 1 unspecified atom stereocenters. The van der Waals surface area contributed by atoms with Crippen LogP contribution in [-0.2, 0) is 0 Å². The van der Waals surface area contributed by atoms with E-state index in [9.17, 15) is 0 Å². The van der Waals surface area contributed by atoms with Crippen LogP contribution in [0.2, 0.25) is 0 Å². The average Bonchev–Trinajstić information content (AvgIpc) is 3.65. The van der Waals surface area contributed by atoms with Crippen LogP contribution in [0.5, 0.6) is 0 Å². The number of anilines is 3. The molecule has 1 aliphatic heterocycles. The Hall–Kier alpha value is -7.70. The first kappa shape index (κ1) is 34.8. The molecule has 0 aliphatic carbocycles. The van der Waals surface area contributed by atoms with E-state index >= 15 is 0 Å². The number of benzene rings is 7. The van der Waals surface area contributed by atoms with Gasteiger partial charge < -0.3 is 10.2 Å². The number of para-hydroxylation sites is 3. The lowest BCUT2D eigenvalue weighted by Crippen LogP contribution is -2.28. The van der Waals surface area contributed by atoms with Gasteiger partial charge in [0.25, 0.3) is 0 Å². The molecule has 0 radical (unpaired) electrons. The Morgan fingerprint density at radius 1 is 0.379 bits per heavy atom. The van der Waals surface area contributed by atoms with Crippen molar-refractivity contribution >= 4 is 17.1 Å². The zero-order valence-corrected chi connectivity index (χ0v) is 31.9. The molecule has 0 fully saturated rings. The summed E-state index contributed by atoms with van der Waals surface area (Å²) in [7, 11) is 0. The minimum atomic E-state index is 0.102. The number of hydrogen-bond donors (Lipinski definition) is 1. The van der Waals surface area contributed by atoms with Gasteiger partial charge in [-0.1, -0.05) is 152 Å². The van der Waals surface area contributed by atoms with Crippen LogP contribution in [0.15, 0.2) is 200 Å². The number of nitrogens with one attached hydrogen (secondary N) is 1. The standard InChI is InChI=1S/C52H38N6/c1-35-54-47-23-10-12-25-49(47)58(35)48-24-11-9-22-46(48)45-21-8-7-20-44(45)43-19-6-5-18-42(43)40-16-13-17-41(34-40)52-56-50(38-14-3-2-4-15-38)55-51(57-52)39-28-26-36(27-29-39)37-30-32-53-33-31-37/h2-35,54H,1H3. The minimum absolute atomic E-state index is 0.102. The summed E-state index contributed by atoms with van der Waals surface area (Å²) >= 11 is 0. The number of aromatic nitrogens is 4. The molecule has 6 nitrogen and oxygen atoms in total. The molecule has 0 saturated heterocycles. The Morgan fingerprint density at radius 2 is 0.845 bits per heavy atom. The van der Waals surface area contributed by atoms with Crippen molar-refractivity contribution in [3.05, 3.63) is 200 Å². The van der Waals surface area contributed by atoms with Crippen molar-refractivity contribution in [2.24, 2.45) is 0 Å². The number of fused-ring (bicyclic) bond motifs is 1. The summed E-state index contributed by atoms with van der Waals surface area (Å²) in [5.41, 5.74) is 15.3. The molecule has 1 atom stereocenters. The van der Waals surface area contributed by atoms with Crippen molar-refractivity contribution in [2.45, 2.75) is 13.1 Å². The van der Waals surface area contributed by atoms with E-state index in [4.69, 9.17) is 15.0 Å². The number of rotatable bonds is 8. The fourth-order valence-corrected chi connectivity index (χ4v) is 8.01. The van der Waals surface area contributed by atoms with Gasteiger partial charge in [0, 0.05) is 34.6 Å². The molecule has 0 spiro atoms. The number of pyridine rings is 1. The van der Waals surface area contributed by atoms with Gasteiger partial charge in [-0.15, -0.1) is 0 Å². The van der Waals surface area contributed by atoms with Crippen LogP contribution in [0.4, 0.5) is 17.1 Å². The van der Waals surface area contributed by atoms with E-state index in [0.29, 0.717) is 17.5 Å². The topological polar surface area (TPSA) is 66.8 Å². The van der Waals surface area contributed by atoms with E-state index in [1.54, 1.807) is 0 Å². The van der Waals surface area contributed by atoms with Gasteiger partial charge >= 0.3 is 0 Å². The van der Waals surface area contributed by atoms with E-state index < -0.39 is 0 Å². The maximum absolute atomic E-state index is 5.10. The second-order valence-electron chi connectivity index (χ2n) is 14.4. The first-order chi connectivity index (χ1) is 28.7. The van der Waals surface area contributed by atoms with Crippen LogP contribution in [0, 0.1) is 0 Å². The van der Waals surface area contributed by atoms with Crippen molar-refractivity contribution < 1.29 is 0 Å². The van der Waals surface area contributed by atoms with E-state index in [2.05, 4.69) is 168 Å². The van der Waals surface area contributed by atoms with Gasteiger partial charge in [0.05, 0.1) is 17.1 Å². The van der Waals surface area contributed by atoms with Crippen LogP contribution in [0.3, 0.4) is 0 Å². The lowest BCUT2D eigenvalue weighted by molar-refractivity contribution is 0.843. The van der Waals surface area contributed by atoms with Gasteiger partial charge in [-0.2, -0.15) is 0 Å². The summed E-state index contributed by atoms with van der Waals surface area (Å²) in [6, 6.07) is 65.7. The average molecular weight is 747 g/mol. The van der Waals surface area contributed by atoms with Crippen LogP contribution in [-0.4, -0.2) is 26.1 Å². The highest BCUT2D eigenvalue weighted by Gasteiger charge is 2.28. The summed E-state index contributed by atoms with van der Waals surface area (Å²) in [5.74, 6) is 1.86. The predicted octanol–water partition coefficient (Wildman–Crippen LogP) is 12.8. The Bertz CT molecular complexity index is 2890. The molecule has 7 aromatic carbocycles. The van der Waals surface area contributed by atoms with Crippen molar-refractivity contribution in [2.75, 3.05) is 10.2 Å². The van der Waals surface area contributed by atoms with Gasteiger partial charge in [-0.05, 0) is 82.3 Å². The molecule has 3 heterocycles. The van der Waals surface area contributed by atoms with E-state index in [0.717, 1.165) is 61.4 Å². The fraction of sp³-hybridized carbons (Fsp3) is 0.0385. The van der Waals surface area contributed by atoms with E-state index in [1.807, 2.05) is 54.9 Å². The maximum Gasteiger partial charge on any atom is 0.164 e. The zero-order chi connectivity index (χ0) is 38.8. The summed E-state index contributed by atoms with van der Waals surface area (Å²) in [6.45, 7) is 2.21. The van der Waals surface area contributed by atoms with Gasteiger partial charge in [0.1, 0.15) is 6.17 Å². The molecule has 276 valence electrons. The van der Waals surface area contributed by atoms with Crippen LogP contribution >= 0.6 is 0 Å². The zero-order valence-electron chi connectivity index (χ0n) is 31.9. The highest BCUT2D eigenvalue weighted by atomic mass is 15.3. The van der Waals surface area contributed by atoms with Gasteiger partial charge in [0.15, 0.2) is 17.5 Å². The Labute approximate surface area is 338 Å². The third-order valence-corrected chi connectivity index (χ3v) is 10.8. The highest BCUT2D eigenvalue weighted by Crippen LogP contribution is 2.46.